The largest absolute Gasteiger partial charge is 0.347 e. The number of aromatic nitrogens is 2. The van der Waals surface area contributed by atoms with Crippen LogP contribution in [0.4, 0.5) is 0 Å². The van der Waals surface area contributed by atoms with E-state index in [-0.39, 0.29) is 18.4 Å². The maximum Gasteiger partial charge on any atom is 0.242 e. The minimum absolute atomic E-state index is 0.0588. The summed E-state index contributed by atoms with van der Waals surface area (Å²) in [6.45, 7) is 1.02. The van der Waals surface area contributed by atoms with Gasteiger partial charge in [0.2, 0.25) is 11.8 Å². The molecule has 0 unspecified atom stereocenters. The van der Waals surface area contributed by atoms with Crippen LogP contribution in [0.15, 0.2) is 12.3 Å². The van der Waals surface area contributed by atoms with Gasteiger partial charge in [-0.15, -0.1) is 0 Å². The lowest BCUT2D eigenvalue weighted by molar-refractivity contribution is -0.130. The van der Waals surface area contributed by atoms with Crippen LogP contribution in [0.3, 0.4) is 0 Å². The average molecular weight is 222 g/mol. The summed E-state index contributed by atoms with van der Waals surface area (Å²) >= 11 is 0. The summed E-state index contributed by atoms with van der Waals surface area (Å²) in [5.74, 6) is -0.131. The molecule has 0 aliphatic carbocycles. The van der Waals surface area contributed by atoms with Gasteiger partial charge in [0.05, 0.1) is 18.8 Å². The SMILES string of the molecule is Cn1ccc(CN2CCC(=O)NCC2=O)n1. The summed E-state index contributed by atoms with van der Waals surface area (Å²) in [4.78, 5) is 24.4. The quantitative estimate of drug-likeness (QED) is 0.717. The Morgan fingerprint density at radius 1 is 1.50 bits per heavy atom. The van der Waals surface area contributed by atoms with Gasteiger partial charge in [0.15, 0.2) is 0 Å². The second kappa shape index (κ2) is 4.34. The monoisotopic (exact) mass is 222 g/mol. The Morgan fingerprint density at radius 3 is 3.00 bits per heavy atom. The molecule has 1 aliphatic rings. The van der Waals surface area contributed by atoms with E-state index in [0.29, 0.717) is 19.5 Å². The minimum Gasteiger partial charge on any atom is -0.347 e. The predicted octanol–water partition coefficient (Wildman–Crippen LogP) is -0.731. The molecule has 16 heavy (non-hydrogen) atoms. The zero-order valence-corrected chi connectivity index (χ0v) is 9.14. The van der Waals surface area contributed by atoms with Crippen molar-refractivity contribution >= 4 is 11.8 Å². The molecule has 6 heteroatoms. The molecular formula is C10H14N4O2. The number of carbonyl (C=O) groups is 2. The molecule has 2 heterocycles. The van der Waals surface area contributed by atoms with Gasteiger partial charge in [-0.05, 0) is 6.07 Å². The minimum atomic E-state index is -0.0723. The van der Waals surface area contributed by atoms with Gasteiger partial charge in [-0.25, -0.2) is 0 Å². The molecule has 0 spiro atoms. The van der Waals surface area contributed by atoms with Crippen LogP contribution in [0.1, 0.15) is 12.1 Å². The highest BCUT2D eigenvalue weighted by Crippen LogP contribution is 2.05. The molecule has 1 aromatic rings. The van der Waals surface area contributed by atoms with E-state index in [1.54, 1.807) is 9.58 Å². The van der Waals surface area contributed by atoms with Crippen LogP contribution in [0.5, 0.6) is 0 Å². The standard InChI is InChI=1S/C10H14N4O2/c1-13-4-2-8(12-13)7-14-5-3-9(15)11-6-10(14)16/h2,4H,3,5-7H2,1H3,(H,11,15). The van der Waals surface area contributed by atoms with E-state index in [9.17, 15) is 9.59 Å². The van der Waals surface area contributed by atoms with Gasteiger partial charge in [-0.1, -0.05) is 0 Å². The third-order valence-corrected chi connectivity index (χ3v) is 2.52. The van der Waals surface area contributed by atoms with Crippen LogP contribution in [0.25, 0.3) is 0 Å². The first-order chi connectivity index (χ1) is 7.65. The molecule has 2 rings (SSSR count). The fraction of sp³-hybridized carbons (Fsp3) is 0.500. The maximum atomic E-state index is 11.6. The Morgan fingerprint density at radius 2 is 2.31 bits per heavy atom. The summed E-state index contributed by atoms with van der Waals surface area (Å²) in [5, 5.41) is 6.77. The lowest BCUT2D eigenvalue weighted by Gasteiger charge is -2.17. The second-order valence-electron chi connectivity index (χ2n) is 3.82. The van der Waals surface area contributed by atoms with Crippen LogP contribution >= 0.6 is 0 Å². The topological polar surface area (TPSA) is 67.2 Å². The summed E-state index contributed by atoms with van der Waals surface area (Å²) in [5.41, 5.74) is 0.838. The molecule has 1 aliphatic heterocycles. The Kier molecular flexibility index (Phi) is 2.89. The predicted molar refractivity (Wildman–Crippen MR) is 56.3 cm³/mol. The molecule has 1 N–H and O–H groups in total. The second-order valence-corrected chi connectivity index (χ2v) is 3.82. The smallest absolute Gasteiger partial charge is 0.242 e. The van der Waals surface area contributed by atoms with E-state index in [1.807, 2.05) is 19.3 Å². The molecule has 0 radical (unpaired) electrons. The molecule has 1 saturated heterocycles. The molecule has 0 bridgehead atoms. The van der Waals surface area contributed by atoms with Gasteiger partial charge in [0, 0.05) is 26.2 Å². The zero-order valence-electron chi connectivity index (χ0n) is 9.14. The molecule has 1 aromatic heterocycles. The summed E-state index contributed by atoms with van der Waals surface area (Å²) in [7, 11) is 1.83. The van der Waals surface area contributed by atoms with Crippen molar-refractivity contribution in [1.29, 1.82) is 0 Å². The van der Waals surface area contributed by atoms with E-state index in [0.717, 1.165) is 5.69 Å². The average Bonchev–Trinajstić information content (AvgIpc) is 2.59. The van der Waals surface area contributed by atoms with E-state index in [4.69, 9.17) is 0 Å². The highest BCUT2D eigenvalue weighted by atomic mass is 16.2. The van der Waals surface area contributed by atoms with Gasteiger partial charge >= 0.3 is 0 Å². The first-order valence-electron chi connectivity index (χ1n) is 5.18. The first kappa shape index (κ1) is 10.7. The van der Waals surface area contributed by atoms with Crippen molar-refractivity contribution in [1.82, 2.24) is 20.0 Å². The Balaban J connectivity index is 2.02. The summed E-state index contributed by atoms with van der Waals surface area (Å²) < 4.78 is 1.70. The highest BCUT2D eigenvalue weighted by molar-refractivity contribution is 5.87. The number of carbonyl (C=O) groups excluding carboxylic acids is 2. The number of hydrogen-bond donors (Lipinski definition) is 1. The lowest BCUT2D eigenvalue weighted by atomic mass is 10.3. The van der Waals surface area contributed by atoms with Gasteiger partial charge in [-0.2, -0.15) is 5.10 Å². The number of rotatable bonds is 2. The molecule has 0 aromatic carbocycles. The third-order valence-electron chi connectivity index (χ3n) is 2.52. The first-order valence-corrected chi connectivity index (χ1v) is 5.18. The van der Waals surface area contributed by atoms with Gasteiger partial charge in [0.25, 0.3) is 0 Å². The highest BCUT2D eigenvalue weighted by Gasteiger charge is 2.20. The number of nitrogens with zero attached hydrogens (tertiary/aromatic N) is 3. The number of hydrogen-bond acceptors (Lipinski definition) is 3. The van der Waals surface area contributed by atoms with Crippen molar-refractivity contribution in [2.75, 3.05) is 13.1 Å². The Hall–Kier alpha value is -1.85. The molecule has 86 valence electrons. The van der Waals surface area contributed by atoms with Crippen molar-refractivity contribution in [2.24, 2.45) is 7.05 Å². The Labute approximate surface area is 93.2 Å². The van der Waals surface area contributed by atoms with Crippen molar-refractivity contribution in [2.45, 2.75) is 13.0 Å². The lowest BCUT2D eigenvalue weighted by Crippen LogP contribution is -2.34. The van der Waals surface area contributed by atoms with E-state index in [1.165, 1.54) is 0 Å². The fourth-order valence-corrected chi connectivity index (χ4v) is 1.65. The van der Waals surface area contributed by atoms with Crippen molar-refractivity contribution in [3.8, 4) is 0 Å². The maximum absolute atomic E-state index is 11.6. The zero-order chi connectivity index (χ0) is 11.5. The van der Waals surface area contributed by atoms with E-state index >= 15 is 0 Å². The van der Waals surface area contributed by atoms with Crippen molar-refractivity contribution in [3.05, 3.63) is 18.0 Å². The summed E-state index contributed by atoms with van der Waals surface area (Å²) in [6, 6.07) is 1.87. The van der Waals surface area contributed by atoms with Gasteiger partial charge in [0.1, 0.15) is 0 Å². The van der Waals surface area contributed by atoms with Crippen LogP contribution in [-0.4, -0.2) is 39.6 Å². The Bertz CT molecular complexity index is 413. The van der Waals surface area contributed by atoms with Crippen LogP contribution in [0, 0.1) is 0 Å². The molecule has 0 saturated carbocycles. The van der Waals surface area contributed by atoms with Crippen LogP contribution in [-0.2, 0) is 23.2 Å². The third kappa shape index (κ3) is 2.39. The van der Waals surface area contributed by atoms with Gasteiger partial charge in [-0.3, -0.25) is 14.3 Å². The normalized spacial score (nSPS) is 17.2. The van der Waals surface area contributed by atoms with Gasteiger partial charge < -0.3 is 10.2 Å². The van der Waals surface area contributed by atoms with E-state index < -0.39 is 0 Å². The fourth-order valence-electron chi connectivity index (χ4n) is 1.65. The molecule has 1 fully saturated rings. The van der Waals surface area contributed by atoms with Crippen molar-refractivity contribution in [3.63, 3.8) is 0 Å². The molecule has 6 nitrogen and oxygen atoms in total. The van der Waals surface area contributed by atoms with Crippen LogP contribution in [0.2, 0.25) is 0 Å². The summed E-state index contributed by atoms with van der Waals surface area (Å²) in [6.07, 6.45) is 2.19. The van der Waals surface area contributed by atoms with Crippen LogP contribution < -0.4 is 5.32 Å². The number of aryl methyl sites for hydroxylation is 1. The molecule has 2 amide bonds. The van der Waals surface area contributed by atoms with Crippen molar-refractivity contribution < 1.29 is 9.59 Å². The molecular weight excluding hydrogens is 208 g/mol. The number of nitrogens with one attached hydrogen (secondary N) is 1. The number of amides is 2. The molecule has 0 atom stereocenters. The van der Waals surface area contributed by atoms with E-state index in [2.05, 4.69) is 10.4 Å².